The average molecular weight is 243 g/mol. The molecule has 0 atom stereocenters. The van der Waals surface area contributed by atoms with Gasteiger partial charge in [-0.15, -0.1) is 0 Å². The number of carbonyl (C=O) groups is 2. The van der Waals surface area contributed by atoms with Crippen LogP contribution < -0.4 is 5.43 Å². The Hall–Kier alpha value is -2.43. The topological polar surface area (TPSA) is 64.0 Å². The summed E-state index contributed by atoms with van der Waals surface area (Å²) >= 11 is 0. The lowest BCUT2D eigenvalue weighted by Gasteiger charge is -2.10. The summed E-state index contributed by atoms with van der Waals surface area (Å²) in [5.41, 5.74) is 5.09. The third-order valence-corrected chi connectivity index (χ3v) is 2.71. The van der Waals surface area contributed by atoms with Crippen molar-refractivity contribution in [2.75, 3.05) is 5.43 Å². The Bertz CT molecular complexity index is 588. The molecule has 1 N–H and O–H groups in total. The molecule has 0 spiro atoms. The Balaban J connectivity index is 2.27. The second-order valence-electron chi connectivity index (χ2n) is 3.94. The van der Waals surface area contributed by atoms with Crippen molar-refractivity contribution in [3.05, 3.63) is 53.1 Å². The molecule has 0 aliphatic rings. The smallest absolute Gasteiger partial charge is 0.288 e. The number of aldehydes is 1. The zero-order valence-electron chi connectivity index (χ0n) is 10.2. The number of pyridine rings is 1. The first kappa shape index (κ1) is 12.0. The van der Waals surface area contributed by atoms with Crippen LogP contribution in [-0.2, 0) is 0 Å². The Labute approximate surface area is 104 Å². The number of aryl methyl sites for hydroxylation is 1. The minimum atomic E-state index is -0.310. The SMILES string of the molecule is Cc1cc(C=O)c(C)n1NC(=O)c1ccccn1. The summed E-state index contributed by atoms with van der Waals surface area (Å²) in [5.74, 6) is -0.310. The monoisotopic (exact) mass is 243 g/mol. The van der Waals surface area contributed by atoms with Crippen LogP contribution in [0.3, 0.4) is 0 Å². The number of amides is 1. The van der Waals surface area contributed by atoms with Gasteiger partial charge in [0.15, 0.2) is 6.29 Å². The minimum absolute atomic E-state index is 0.310. The zero-order valence-corrected chi connectivity index (χ0v) is 10.2. The second-order valence-corrected chi connectivity index (χ2v) is 3.94. The van der Waals surface area contributed by atoms with E-state index in [0.717, 1.165) is 12.0 Å². The van der Waals surface area contributed by atoms with Crippen molar-refractivity contribution in [2.24, 2.45) is 0 Å². The molecule has 0 fully saturated rings. The van der Waals surface area contributed by atoms with Gasteiger partial charge in [0.25, 0.3) is 5.91 Å². The van der Waals surface area contributed by atoms with Gasteiger partial charge in [0.2, 0.25) is 0 Å². The molecule has 2 aromatic heterocycles. The molecule has 2 rings (SSSR count). The highest BCUT2D eigenvalue weighted by molar-refractivity contribution is 5.98. The number of carbonyl (C=O) groups excluding carboxylic acids is 2. The van der Waals surface area contributed by atoms with E-state index >= 15 is 0 Å². The van der Waals surface area contributed by atoms with Crippen LogP contribution in [0.1, 0.15) is 32.2 Å². The summed E-state index contributed by atoms with van der Waals surface area (Å²) in [6.07, 6.45) is 2.33. The predicted molar refractivity (Wildman–Crippen MR) is 67.2 cm³/mol. The van der Waals surface area contributed by atoms with E-state index in [4.69, 9.17) is 0 Å². The lowest BCUT2D eigenvalue weighted by Crippen LogP contribution is -2.25. The van der Waals surface area contributed by atoms with Gasteiger partial charge < -0.3 is 0 Å². The molecular weight excluding hydrogens is 230 g/mol. The molecule has 5 nitrogen and oxygen atoms in total. The van der Waals surface area contributed by atoms with Crippen molar-refractivity contribution in [2.45, 2.75) is 13.8 Å². The molecule has 0 aliphatic carbocycles. The van der Waals surface area contributed by atoms with E-state index in [1.54, 1.807) is 42.1 Å². The molecule has 5 heteroatoms. The fourth-order valence-corrected chi connectivity index (χ4v) is 1.73. The molecule has 1 amide bonds. The molecule has 0 bridgehead atoms. The molecule has 0 aromatic carbocycles. The first-order valence-electron chi connectivity index (χ1n) is 5.50. The first-order valence-corrected chi connectivity index (χ1v) is 5.50. The van der Waals surface area contributed by atoms with Crippen molar-refractivity contribution >= 4 is 12.2 Å². The number of hydrogen-bond acceptors (Lipinski definition) is 3. The van der Waals surface area contributed by atoms with Crippen molar-refractivity contribution < 1.29 is 9.59 Å². The minimum Gasteiger partial charge on any atom is -0.298 e. The number of nitrogens with zero attached hydrogens (tertiary/aromatic N) is 2. The molecule has 2 heterocycles. The van der Waals surface area contributed by atoms with Crippen LogP contribution in [0, 0.1) is 13.8 Å². The van der Waals surface area contributed by atoms with E-state index in [1.165, 1.54) is 0 Å². The van der Waals surface area contributed by atoms with Crippen LogP contribution in [0.4, 0.5) is 0 Å². The van der Waals surface area contributed by atoms with Crippen molar-refractivity contribution in [3.8, 4) is 0 Å². The summed E-state index contributed by atoms with van der Waals surface area (Å²) in [7, 11) is 0. The largest absolute Gasteiger partial charge is 0.298 e. The number of nitrogens with one attached hydrogen (secondary N) is 1. The van der Waals surface area contributed by atoms with E-state index < -0.39 is 0 Å². The lowest BCUT2D eigenvalue weighted by molar-refractivity contribution is 0.100. The van der Waals surface area contributed by atoms with Crippen LogP contribution >= 0.6 is 0 Å². The third-order valence-electron chi connectivity index (χ3n) is 2.71. The zero-order chi connectivity index (χ0) is 13.1. The normalized spacial score (nSPS) is 10.1. The molecule has 0 unspecified atom stereocenters. The summed E-state index contributed by atoms with van der Waals surface area (Å²) in [4.78, 5) is 26.7. The highest BCUT2D eigenvalue weighted by Gasteiger charge is 2.12. The highest BCUT2D eigenvalue weighted by Crippen LogP contribution is 2.11. The van der Waals surface area contributed by atoms with Gasteiger partial charge in [-0.25, -0.2) is 0 Å². The molecule has 92 valence electrons. The fourth-order valence-electron chi connectivity index (χ4n) is 1.73. The van der Waals surface area contributed by atoms with Crippen LogP contribution in [0.15, 0.2) is 30.5 Å². The summed E-state index contributed by atoms with van der Waals surface area (Å²) in [6.45, 7) is 3.59. The van der Waals surface area contributed by atoms with Gasteiger partial charge >= 0.3 is 0 Å². The van der Waals surface area contributed by atoms with Gasteiger partial charge in [0.05, 0.1) is 0 Å². The van der Waals surface area contributed by atoms with E-state index in [-0.39, 0.29) is 5.91 Å². The van der Waals surface area contributed by atoms with Gasteiger partial charge in [-0.05, 0) is 32.0 Å². The van der Waals surface area contributed by atoms with Gasteiger partial charge in [-0.3, -0.25) is 24.7 Å². The maximum atomic E-state index is 11.9. The number of rotatable bonds is 3. The molecule has 2 aromatic rings. The van der Waals surface area contributed by atoms with Crippen LogP contribution in [-0.4, -0.2) is 21.9 Å². The summed E-state index contributed by atoms with van der Waals surface area (Å²) in [5, 5.41) is 0. The maximum Gasteiger partial charge on any atom is 0.288 e. The van der Waals surface area contributed by atoms with Gasteiger partial charge in [-0.1, -0.05) is 6.07 Å². The van der Waals surface area contributed by atoms with Crippen molar-refractivity contribution in [1.29, 1.82) is 0 Å². The summed E-state index contributed by atoms with van der Waals surface area (Å²) < 4.78 is 1.58. The predicted octanol–water partition coefficient (Wildman–Crippen LogP) is 1.70. The quantitative estimate of drug-likeness (QED) is 0.834. The van der Waals surface area contributed by atoms with Crippen molar-refractivity contribution in [3.63, 3.8) is 0 Å². The average Bonchev–Trinajstić information content (AvgIpc) is 2.67. The van der Waals surface area contributed by atoms with E-state index in [1.807, 2.05) is 6.92 Å². The lowest BCUT2D eigenvalue weighted by atomic mass is 10.3. The van der Waals surface area contributed by atoms with Crippen molar-refractivity contribution in [1.82, 2.24) is 9.66 Å². The Morgan fingerprint density at radius 3 is 2.72 bits per heavy atom. The third kappa shape index (κ3) is 2.15. The van der Waals surface area contributed by atoms with E-state index in [2.05, 4.69) is 10.4 Å². The molecular formula is C13H13N3O2. The molecule has 0 radical (unpaired) electrons. The molecule has 0 saturated carbocycles. The Morgan fingerprint density at radius 2 is 2.17 bits per heavy atom. The maximum absolute atomic E-state index is 11.9. The second kappa shape index (κ2) is 4.83. The number of aromatic nitrogens is 2. The van der Waals surface area contributed by atoms with Gasteiger partial charge in [0.1, 0.15) is 5.69 Å². The van der Waals surface area contributed by atoms with Crippen LogP contribution in [0.25, 0.3) is 0 Å². The fraction of sp³-hybridized carbons (Fsp3) is 0.154. The highest BCUT2D eigenvalue weighted by atomic mass is 16.2. The first-order chi connectivity index (χ1) is 8.63. The molecule has 0 saturated heterocycles. The van der Waals surface area contributed by atoms with Gasteiger partial charge in [-0.2, -0.15) is 0 Å². The standard InChI is InChI=1S/C13H13N3O2/c1-9-7-11(8-17)10(2)16(9)15-13(18)12-5-3-4-6-14-12/h3-8H,1-2H3,(H,15,18). The van der Waals surface area contributed by atoms with Crippen LogP contribution in [0.5, 0.6) is 0 Å². The summed E-state index contributed by atoms with van der Waals surface area (Å²) in [6, 6.07) is 6.84. The van der Waals surface area contributed by atoms with E-state index in [0.29, 0.717) is 17.0 Å². The van der Waals surface area contributed by atoms with Gasteiger partial charge in [0, 0.05) is 23.1 Å². The van der Waals surface area contributed by atoms with Crippen LogP contribution in [0.2, 0.25) is 0 Å². The number of hydrogen-bond donors (Lipinski definition) is 1. The molecule has 0 aliphatic heterocycles. The Morgan fingerprint density at radius 1 is 1.39 bits per heavy atom. The Kier molecular flexibility index (Phi) is 3.23. The van der Waals surface area contributed by atoms with E-state index in [9.17, 15) is 9.59 Å². The molecule has 18 heavy (non-hydrogen) atoms.